The van der Waals surface area contributed by atoms with E-state index in [2.05, 4.69) is 71.0 Å². The van der Waals surface area contributed by atoms with E-state index >= 15 is 0 Å². The van der Waals surface area contributed by atoms with Gasteiger partial charge in [-0.1, -0.05) is 85.0 Å². The van der Waals surface area contributed by atoms with E-state index in [0.717, 1.165) is 29.9 Å². The second-order valence-corrected chi connectivity index (χ2v) is 8.88. The summed E-state index contributed by atoms with van der Waals surface area (Å²) in [6.45, 7) is 2.25. The lowest BCUT2D eigenvalue weighted by atomic mass is 9.92. The smallest absolute Gasteiger partial charge is 0.240 e. The number of likely N-dealkylation sites (tertiary alicyclic amines) is 1. The van der Waals surface area contributed by atoms with E-state index in [1.54, 1.807) is 0 Å². The fourth-order valence-electron chi connectivity index (χ4n) is 4.74. The van der Waals surface area contributed by atoms with Crippen LogP contribution in [-0.4, -0.2) is 34.9 Å². The molecule has 0 bridgehead atoms. The standard InChI is InChI=1S/C29H29N3O/c33-29(32-20-25-10-4-5-11-26(25)21-32)28(18-22-8-2-1-3-9-22)31-19-23-13-15-24(16-14-23)27-12-6-7-17-30-27/h1-17,25-26,28,31H,18-21H2/t25?,26?,28-/m0/s1. The van der Waals surface area contributed by atoms with E-state index in [1.165, 1.54) is 5.56 Å². The van der Waals surface area contributed by atoms with Gasteiger partial charge in [-0.25, -0.2) is 0 Å². The van der Waals surface area contributed by atoms with Crippen molar-refractivity contribution in [1.29, 1.82) is 0 Å². The Morgan fingerprint density at radius 3 is 2.24 bits per heavy atom. The third kappa shape index (κ3) is 5.12. The van der Waals surface area contributed by atoms with Crippen LogP contribution in [-0.2, 0) is 17.8 Å². The molecule has 2 aromatic carbocycles. The molecule has 33 heavy (non-hydrogen) atoms. The van der Waals surface area contributed by atoms with Gasteiger partial charge < -0.3 is 10.2 Å². The van der Waals surface area contributed by atoms with E-state index in [0.29, 0.717) is 24.8 Å². The summed E-state index contributed by atoms with van der Waals surface area (Å²) in [4.78, 5) is 20.0. The molecule has 0 saturated carbocycles. The van der Waals surface area contributed by atoms with E-state index in [-0.39, 0.29) is 11.9 Å². The lowest BCUT2D eigenvalue weighted by molar-refractivity contribution is -0.132. The zero-order chi connectivity index (χ0) is 22.5. The molecular formula is C29H29N3O. The van der Waals surface area contributed by atoms with Crippen LogP contribution >= 0.6 is 0 Å². The van der Waals surface area contributed by atoms with Crippen LogP contribution in [0.1, 0.15) is 11.1 Å². The predicted molar refractivity (Wildman–Crippen MR) is 132 cm³/mol. The summed E-state index contributed by atoms with van der Waals surface area (Å²) in [5.74, 6) is 1.08. The van der Waals surface area contributed by atoms with Crippen LogP contribution in [0.15, 0.2) is 103 Å². The molecule has 1 N–H and O–H groups in total. The molecule has 2 aliphatic rings. The summed E-state index contributed by atoms with van der Waals surface area (Å²) in [6.07, 6.45) is 11.2. The Hall–Kier alpha value is -3.50. The maximum absolute atomic E-state index is 13.6. The largest absolute Gasteiger partial charge is 0.340 e. The van der Waals surface area contributed by atoms with Gasteiger partial charge in [0.1, 0.15) is 0 Å². The monoisotopic (exact) mass is 435 g/mol. The number of allylic oxidation sites excluding steroid dienone is 2. The minimum absolute atomic E-state index is 0.195. The average molecular weight is 436 g/mol. The number of hydrogen-bond acceptors (Lipinski definition) is 3. The van der Waals surface area contributed by atoms with Crippen molar-refractivity contribution in [3.05, 3.63) is 114 Å². The summed E-state index contributed by atoms with van der Waals surface area (Å²) in [5.41, 5.74) is 4.39. The average Bonchev–Trinajstić information content (AvgIpc) is 3.32. The minimum atomic E-state index is -0.254. The third-order valence-corrected chi connectivity index (χ3v) is 6.60. The van der Waals surface area contributed by atoms with Crippen molar-refractivity contribution in [3.63, 3.8) is 0 Å². The van der Waals surface area contributed by atoms with Gasteiger partial charge in [-0.05, 0) is 29.7 Å². The van der Waals surface area contributed by atoms with Gasteiger partial charge in [0.2, 0.25) is 5.91 Å². The van der Waals surface area contributed by atoms with Crippen LogP contribution in [0, 0.1) is 11.8 Å². The van der Waals surface area contributed by atoms with Crippen molar-refractivity contribution in [2.75, 3.05) is 13.1 Å². The van der Waals surface area contributed by atoms with Crippen molar-refractivity contribution < 1.29 is 4.79 Å². The van der Waals surface area contributed by atoms with Crippen LogP contribution in [0.4, 0.5) is 0 Å². The fraction of sp³-hybridized carbons (Fsp3) is 0.241. The topological polar surface area (TPSA) is 45.2 Å². The summed E-state index contributed by atoms with van der Waals surface area (Å²) in [5, 5.41) is 3.56. The van der Waals surface area contributed by atoms with E-state index in [9.17, 15) is 4.79 Å². The van der Waals surface area contributed by atoms with Gasteiger partial charge in [0.15, 0.2) is 0 Å². The Kier molecular flexibility index (Phi) is 6.45. The van der Waals surface area contributed by atoms with E-state index in [4.69, 9.17) is 0 Å². The third-order valence-electron chi connectivity index (χ3n) is 6.60. The molecule has 4 nitrogen and oxygen atoms in total. The first-order chi connectivity index (χ1) is 16.3. The first-order valence-corrected chi connectivity index (χ1v) is 11.7. The van der Waals surface area contributed by atoms with Crippen LogP contribution in [0.25, 0.3) is 11.3 Å². The highest BCUT2D eigenvalue weighted by Gasteiger charge is 2.35. The number of amides is 1. The molecule has 3 aromatic rings. The van der Waals surface area contributed by atoms with Crippen molar-refractivity contribution in [3.8, 4) is 11.3 Å². The first kappa shape index (κ1) is 21.4. The van der Waals surface area contributed by atoms with Gasteiger partial charge in [0, 0.05) is 43.2 Å². The molecule has 1 aliphatic heterocycles. The van der Waals surface area contributed by atoms with Crippen molar-refractivity contribution in [1.82, 2.24) is 15.2 Å². The number of aromatic nitrogens is 1. The highest BCUT2D eigenvalue weighted by molar-refractivity contribution is 5.82. The maximum Gasteiger partial charge on any atom is 0.240 e. The van der Waals surface area contributed by atoms with Crippen molar-refractivity contribution in [2.45, 2.75) is 19.0 Å². The number of rotatable bonds is 7. The number of nitrogens with zero attached hydrogens (tertiary/aromatic N) is 2. The minimum Gasteiger partial charge on any atom is -0.340 e. The Labute approximate surface area is 195 Å². The molecule has 4 heteroatoms. The van der Waals surface area contributed by atoms with Gasteiger partial charge in [-0.15, -0.1) is 0 Å². The molecule has 1 aliphatic carbocycles. The number of fused-ring (bicyclic) bond motifs is 1. The molecule has 1 aromatic heterocycles. The first-order valence-electron chi connectivity index (χ1n) is 11.7. The summed E-state index contributed by atoms with van der Waals surface area (Å²) >= 11 is 0. The number of pyridine rings is 1. The van der Waals surface area contributed by atoms with Crippen LogP contribution < -0.4 is 5.32 Å². The van der Waals surface area contributed by atoms with Crippen molar-refractivity contribution in [2.24, 2.45) is 11.8 Å². The normalized spacial score (nSPS) is 19.9. The summed E-state index contributed by atoms with van der Waals surface area (Å²) in [6, 6.07) is 24.4. The predicted octanol–water partition coefficient (Wildman–Crippen LogP) is 4.65. The summed E-state index contributed by atoms with van der Waals surface area (Å²) < 4.78 is 0. The van der Waals surface area contributed by atoms with Gasteiger partial charge in [0.25, 0.3) is 0 Å². The molecule has 0 spiro atoms. The highest BCUT2D eigenvalue weighted by Crippen LogP contribution is 2.29. The number of nitrogens with one attached hydrogen (secondary N) is 1. The van der Waals surface area contributed by atoms with Crippen LogP contribution in [0.3, 0.4) is 0 Å². The molecule has 3 atom stereocenters. The lowest BCUT2D eigenvalue weighted by Crippen LogP contribution is -2.46. The molecule has 166 valence electrons. The van der Waals surface area contributed by atoms with Gasteiger partial charge >= 0.3 is 0 Å². The van der Waals surface area contributed by atoms with Crippen molar-refractivity contribution >= 4 is 5.91 Å². The zero-order valence-corrected chi connectivity index (χ0v) is 18.7. The lowest BCUT2D eigenvalue weighted by Gasteiger charge is -2.25. The zero-order valence-electron chi connectivity index (χ0n) is 18.7. The summed E-state index contributed by atoms with van der Waals surface area (Å²) in [7, 11) is 0. The van der Waals surface area contributed by atoms with Gasteiger partial charge in [-0.3, -0.25) is 9.78 Å². The number of carbonyl (C=O) groups is 1. The Balaban J connectivity index is 1.28. The molecule has 5 rings (SSSR count). The number of carbonyl (C=O) groups excluding carboxylic acids is 1. The number of hydrogen-bond donors (Lipinski definition) is 1. The molecule has 0 radical (unpaired) electrons. The number of benzene rings is 2. The molecule has 1 fully saturated rings. The van der Waals surface area contributed by atoms with E-state index < -0.39 is 0 Å². The highest BCUT2D eigenvalue weighted by atomic mass is 16.2. The van der Waals surface area contributed by atoms with Gasteiger partial charge in [-0.2, -0.15) is 0 Å². The molecule has 1 amide bonds. The quantitative estimate of drug-likeness (QED) is 0.588. The maximum atomic E-state index is 13.6. The molecule has 2 unspecified atom stereocenters. The molecular weight excluding hydrogens is 406 g/mol. The molecule has 1 saturated heterocycles. The van der Waals surface area contributed by atoms with Crippen LogP contribution in [0.5, 0.6) is 0 Å². The second kappa shape index (κ2) is 9.97. The Morgan fingerprint density at radius 1 is 0.879 bits per heavy atom. The Morgan fingerprint density at radius 2 is 1.58 bits per heavy atom. The molecule has 2 heterocycles. The van der Waals surface area contributed by atoms with Crippen LogP contribution in [0.2, 0.25) is 0 Å². The van der Waals surface area contributed by atoms with Gasteiger partial charge in [0.05, 0.1) is 11.7 Å². The van der Waals surface area contributed by atoms with E-state index in [1.807, 2.05) is 47.5 Å². The SMILES string of the molecule is O=C([C@H](Cc1ccccc1)NCc1ccc(-c2ccccn2)cc1)N1CC2C=CC=CC2C1. The second-order valence-electron chi connectivity index (χ2n) is 8.88. The Bertz CT molecular complexity index is 1100. The fourth-order valence-corrected chi connectivity index (χ4v) is 4.74.